The van der Waals surface area contributed by atoms with E-state index in [9.17, 15) is 9.90 Å². The van der Waals surface area contributed by atoms with Crippen LogP contribution in [0.3, 0.4) is 0 Å². The van der Waals surface area contributed by atoms with Gasteiger partial charge in [-0.05, 0) is 62.2 Å². The van der Waals surface area contributed by atoms with Gasteiger partial charge in [0.1, 0.15) is 12.4 Å². The van der Waals surface area contributed by atoms with Gasteiger partial charge in [-0.3, -0.25) is 4.79 Å². The number of carbonyl (C=O) groups is 1. The fraction of sp³-hybridized carbons (Fsp3) is 0.682. The van der Waals surface area contributed by atoms with Crippen LogP contribution in [-0.4, -0.2) is 29.8 Å². The maximum atomic E-state index is 10.8. The molecular weight excluding hydrogens is 326 g/mol. The van der Waals surface area contributed by atoms with E-state index in [4.69, 9.17) is 4.74 Å². The fourth-order valence-corrected chi connectivity index (χ4v) is 5.64. The van der Waals surface area contributed by atoms with E-state index < -0.39 is 5.60 Å². The Hall–Kier alpha value is -1.55. The molecule has 0 aromatic rings. The summed E-state index contributed by atoms with van der Waals surface area (Å²) in [5.41, 5.74) is 1.89. The number of aliphatic hydroxyl groups is 1. The van der Waals surface area contributed by atoms with Gasteiger partial charge < -0.3 is 15.2 Å². The topological polar surface area (TPSA) is 58.6 Å². The summed E-state index contributed by atoms with van der Waals surface area (Å²) in [5.74, 6) is 1.84. The monoisotopic (exact) mass is 359 g/mol. The Bertz CT molecular complexity index is 635. The highest BCUT2D eigenvalue weighted by atomic mass is 16.5. The number of rotatable bonds is 4. The number of ether oxygens (including phenoxy) is 1. The number of nitrogens with one attached hydrogen (secondary N) is 1. The number of fused-ring (bicyclic) bond motifs is 1. The second-order valence-electron chi connectivity index (χ2n) is 8.97. The predicted octanol–water partition coefficient (Wildman–Crippen LogP) is 3.73. The number of allylic oxidation sites excluding steroid dienone is 2. The standard InChI is InChI=1S/C22H33NO3/c1-14-6-8-19-15(2)22(5,25)11-10-21(19,4)18(14)9-7-17-16(3)26-12-20(17)23-13-24/h7,13,15,18-20,25H,1,3,6,8-12H2,2,4-5H3,(H,23,24)/b17-7-/t15-,18-,19-,20?,21+,22+/m1/s1. The van der Waals surface area contributed by atoms with E-state index >= 15 is 0 Å². The number of hydrogen-bond donors (Lipinski definition) is 2. The number of amides is 1. The van der Waals surface area contributed by atoms with E-state index in [2.05, 4.69) is 38.4 Å². The largest absolute Gasteiger partial charge is 0.491 e. The Labute approximate surface area is 157 Å². The van der Waals surface area contributed by atoms with Gasteiger partial charge in [-0.25, -0.2) is 0 Å². The van der Waals surface area contributed by atoms with Crippen molar-refractivity contribution in [3.8, 4) is 0 Å². The molecule has 26 heavy (non-hydrogen) atoms. The third-order valence-corrected chi connectivity index (χ3v) is 7.63. The molecule has 1 saturated heterocycles. The molecule has 1 aliphatic heterocycles. The van der Waals surface area contributed by atoms with Crippen LogP contribution in [0, 0.1) is 23.2 Å². The maximum absolute atomic E-state index is 10.8. The Morgan fingerprint density at radius 1 is 1.35 bits per heavy atom. The third kappa shape index (κ3) is 3.13. The van der Waals surface area contributed by atoms with Crippen LogP contribution in [0.25, 0.3) is 0 Å². The van der Waals surface area contributed by atoms with Crippen LogP contribution >= 0.6 is 0 Å². The lowest BCUT2D eigenvalue weighted by molar-refractivity contribution is -0.124. The minimum Gasteiger partial charge on any atom is -0.491 e. The molecule has 4 nitrogen and oxygen atoms in total. The molecule has 1 unspecified atom stereocenters. The second kappa shape index (κ2) is 6.88. The highest BCUT2D eigenvalue weighted by Gasteiger charge is 2.54. The van der Waals surface area contributed by atoms with Gasteiger partial charge in [0.2, 0.25) is 6.41 Å². The van der Waals surface area contributed by atoms with Crippen LogP contribution in [0.4, 0.5) is 0 Å². The van der Waals surface area contributed by atoms with E-state index in [1.807, 2.05) is 6.92 Å². The van der Waals surface area contributed by atoms with Crippen LogP contribution in [-0.2, 0) is 9.53 Å². The van der Waals surface area contributed by atoms with Crippen LogP contribution in [0.2, 0.25) is 0 Å². The lowest BCUT2D eigenvalue weighted by Gasteiger charge is -2.58. The van der Waals surface area contributed by atoms with E-state index in [0.717, 1.165) is 44.1 Å². The van der Waals surface area contributed by atoms with Crippen molar-refractivity contribution >= 4 is 6.41 Å². The molecule has 2 aliphatic carbocycles. The molecule has 0 bridgehead atoms. The molecule has 0 aromatic heterocycles. The molecule has 0 radical (unpaired) electrons. The molecule has 3 aliphatic rings. The molecule has 144 valence electrons. The molecule has 3 rings (SSSR count). The summed E-state index contributed by atoms with van der Waals surface area (Å²) in [7, 11) is 0. The summed E-state index contributed by atoms with van der Waals surface area (Å²) < 4.78 is 5.53. The molecule has 3 fully saturated rings. The summed E-state index contributed by atoms with van der Waals surface area (Å²) in [6.45, 7) is 15.4. The Morgan fingerprint density at radius 3 is 2.77 bits per heavy atom. The highest BCUT2D eigenvalue weighted by molar-refractivity contribution is 5.50. The second-order valence-corrected chi connectivity index (χ2v) is 8.97. The highest BCUT2D eigenvalue weighted by Crippen LogP contribution is 2.59. The first-order chi connectivity index (χ1) is 12.2. The van der Waals surface area contributed by atoms with E-state index in [-0.39, 0.29) is 11.5 Å². The zero-order valence-electron chi connectivity index (χ0n) is 16.4. The first-order valence-electron chi connectivity index (χ1n) is 9.82. The number of carbonyl (C=O) groups excluding carboxylic acids is 1. The van der Waals surface area contributed by atoms with Gasteiger partial charge in [0.15, 0.2) is 0 Å². The van der Waals surface area contributed by atoms with Crippen LogP contribution < -0.4 is 5.32 Å². The smallest absolute Gasteiger partial charge is 0.207 e. The third-order valence-electron chi connectivity index (χ3n) is 7.63. The Balaban J connectivity index is 1.84. The van der Waals surface area contributed by atoms with Crippen molar-refractivity contribution in [2.45, 2.75) is 64.5 Å². The van der Waals surface area contributed by atoms with Gasteiger partial charge in [0.05, 0.1) is 11.6 Å². The molecule has 2 saturated carbocycles. The van der Waals surface area contributed by atoms with Gasteiger partial charge in [-0.2, -0.15) is 0 Å². The average Bonchev–Trinajstić information content (AvgIpc) is 2.92. The van der Waals surface area contributed by atoms with Crippen molar-refractivity contribution in [1.29, 1.82) is 0 Å². The average molecular weight is 360 g/mol. The first-order valence-corrected chi connectivity index (χ1v) is 9.82. The zero-order chi connectivity index (χ0) is 19.1. The molecule has 4 heteroatoms. The molecule has 0 aromatic carbocycles. The fourth-order valence-electron chi connectivity index (χ4n) is 5.64. The molecule has 1 heterocycles. The van der Waals surface area contributed by atoms with Crippen molar-refractivity contribution in [2.75, 3.05) is 6.61 Å². The summed E-state index contributed by atoms with van der Waals surface area (Å²) in [6, 6.07) is -0.105. The van der Waals surface area contributed by atoms with Crippen LogP contribution in [0.1, 0.15) is 52.9 Å². The first kappa shape index (κ1) is 19.2. The van der Waals surface area contributed by atoms with Crippen molar-refractivity contribution in [1.82, 2.24) is 5.32 Å². The SMILES string of the molecule is C=C1OCC(NC=O)/C1=C\C[C@@H]1C(=C)CC[C@@H]2[C@@H](C)[C@@](C)(O)CC[C@@]12C. The lowest BCUT2D eigenvalue weighted by atomic mass is 9.48. The van der Waals surface area contributed by atoms with Crippen molar-refractivity contribution in [3.63, 3.8) is 0 Å². The predicted molar refractivity (Wildman–Crippen MR) is 103 cm³/mol. The van der Waals surface area contributed by atoms with Gasteiger partial charge in [-0.15, -0.1) is 0 Å². The van der Waals surface area contributed by atoms with Crippen molar-refractivity contribution < 1.29 is 14.6 Å². The molecule has 0 spiro atoms. The quantitative estimate of drug-likeness (QED) is 0.594. The molecule has 1 amide bonds. The summed E-state index contributed by atoms with van der Waals surface area (Å²) in [6.07, 6.45) is 7.81. The van der Waals surface area contributed by atoms with Gasteiger partial charge >= 0.3 is 0 Å². The van der Waals surface area contributed by atoms with Gasteiger partial charge in [-0.1, -0.05) is 38.7 Å². The molecular formula is C22H33NO3. The Morgan fingerprint density at radius 2 is 2.08 bits per heavy atom. The summed E-state index contributed by atoms with van der Waals surface area (Å²) in [5, 5.41) is 13.6. The summed E-state index contributed by atoms with van der Waals surface area (Å²) >= 11 is 0. The minimum absolute atomic E-state index is 0.105. The Kier molecular flexibility index (Phi) is 5.08. The van der Waals surface area contributed by atoms with E-state index in [0.29, 0.717) is 30.1 Å². The van der Waals surface area contributed by atoms with Gasteiger partial charge in [0, 0.05) is 5.57 Å². The van der Waals surface area contributed by atoms with Crippen LogP contribution in [0.5, 0.6) is 0 Å². The zero-order valence-corrected chi connectivity index (χ0v) is 16.4. The van der Waals surface area contributed by atoms with Crippen LogP contribution in [0.15, 0.2) is 36.1 Å². The van der Waals surface area contributed by atoms with Gasteiger partial charge in [0.25, 0.3) is 0 Å². The van der Waals surface area contributed by atoms with E-state index in [1.165, 1.54) is 5.57 Å². The lowest BCUT2D eigenvalue weighted by Crippen LogP contribution is -2.54. The van der Waals surface area contributed by atoms with E-state index in [1.54, 1.807) is 0 Å². The van der Waals surface area contributed by atoms with Crippen molar-refractivity contribution in [2.24, 2.45) is 23.2 Å². The maximum Gasteiger partial charge on any atom is 0.207 e. The minimum atomic E-state index is -0.571. The summed E-state index contributed by atoms with van der Waals surface area (Å²) in [4.78, 5) is 10.8. The normalized spacial score (nSPS) is 44.5. The molecule has 2 N–H and O–H groups in total. The molecule has 6 atom stereocenters. The van der Waals surface area contributed by atoms with Crippen molar-refractivity contribution in [3.05, 3.63) is 36.1 Å². The number of hydrogen-bond acceptors (Lipinski definition) is 3.